The molecule has 1 amide bonds. The molecule has 0 aliphatic carbocycles. The topological polar surface area (TPSA) is 44.8 Å². The Labute approximate surface area is 168 Å². The lowest BCUT2D eigenvalue weighted by atomic mass is 10.0. The number of carbonyl (C=O) groups is 1. The van der Waals surface area contributed by atoms with Crippen LogP contribution in [0.4, 0.5) is 11.4 Å². The van der Waals surface area contributed by atoms with Gasteiger partial charge in [0.25, 0.3) is 0 Å². The molecule has 28 heavy (non-hydrogen) atoms. The van der Waals surface area contributed by atoms with Crippen molar-refractivity contribution in [3.8, 4) is 5.75 Å². The molecule has 1 N–H and O–H groups in total. The van der Waals surface area contributed by atoms with Gasteiger partial charge in [0.2, 0.25) is 5.91 Å². The molecule has 1 aliphatic heterocycles. The predicted molar refractivity (Wildman–Crippen MR) is 115 cm³/mol. The van der Waals surface area contributed by atoms with Crippen LogP contribution < -0.4 is 15.0 Å². The van der Waals surface area contributed by atoms with Crippen LogP contribution in [0.5, 0.6) is 5.75 Å². The number of piperazine rings is 1. The van der Waals surface area contributed by atoms with E-state index in [2.05, 4.69) is 59.3 Å². The highest BCUT2D eigenvalue weighted by molar-refractivity contribution is 5.93. The van der Waals surface area contributed by atoms with Gasteiger partial charge in [-0.3, -0.25) is 9.69 Å². The number of aryl methyl sites for hydroxylation is 2. The third-order valence-electron chi connectivity index (χ3n) is 5.42. The van der Waals surface area contributed by atoms with Gasteiger partial charge in [0.15, 0.2) is 0 Å². The second-order valence-electron chi connectivity index (χ2n) is 7.17. The van der Waals surface area contributed by atoms with E-state index < -0.39 is 0 Å². The van der Waals surface area contributed by atoms with Crippen molar-refractivity contribution < 1.29 is 9.53 Å². The molecule has 0 spiro atoms. The summed E-state index contributed by atoms with van der Waals surface area (Å²) in [5, 5.41) is 3.18. The number of hydrogen-bond donors (Lipinski definition) is 1. The molecule has 1 saturated heterocycles. The third kappa shape index (κ3) is 4.84. The smallest absolute Gasteiger partial charge is 0.238 e. The molecule has 2 aromatic carbocycles. The number of carbonyl (C=O) groups excluding carboxylic acids is 1. The number of nitrogens with one attached hydrogen (secondary N) is 1. The number of anilines is 2. The van der Waals surface area contributed by atoms with Crippen LogP contribution in [-0.2, 0) is 17.6 Å². The molecule has 1 fully saturated rings. The number of amides is 1. The third-order valence-corrected chi connectivity index (χ3v) is 5.42. The number of methoxy groups -OCH3 is 1. The van der Waals surface area contributed by atoms with Crippen molar-refractivity contribution in [1.29, 1.82) is 0 Å². The predicted octanol–water partition coefficient (Wildman–Crippen LogP) is 3.58. The fourth-order valence-corrected chi connectivity index (χ4v) is 3.76. The highest BCUT2D eigenvalue weighted by Crippen LogP contribution is 2.24. The maximum Gasteiger partial charge on any atom is 0.238 e. The number of nitrogens with zero attached hydrogens (tertiary/aromatic N) is 2. The summed E-state index contributed by atoms with van der Waals surface area (Å²) in [5.41, 5.74) is 4.59. The monoisotopic (exact) mass is 381 g/mol. The summed E-state index contributed by atoms with van der Waals surface area (Å²) >= 11 is 0. The highest BCUT2D eigenvalue weighted by atomic mass is 16.5. The number of ether oxygens (including phenoxy) is 1. The first-order valence-corrected chi connectivity index (χ1v) is 10.2. The van der Waals surface area contributed by atoms with E-state index in [1.165, 1.54) is 16.8 Å². The average Bonchev–Trinajstić information content (AvgIpc) is 2.74. The minimum Gasteiger partial charge on any atom is -0.497 e. The van der Waals surface area contributed by atoms with E-state index in [0.717, 1.165) is 50.5 Å². The molecular formula is C23H31N3O2. The SMILES string of the molecule is CCc1cccc(CC)c1NC(=O)CN1CCN(c2cccc(OC)c2)CC1. The zero-order valence-corrected chi connectivity index (χ0v) is 17.2. The van der Waals surface area contributed by atoms with Crippen molar-refractivity contribution >= 4 is 17.3 Å². The van der Waals surface area contributed by atoms with Crippen LogP contribution in [-0.4, -0.2) is 50.6 Å². The lowest BCUT2D eigenvalue weighted by Gasteiger charge is -2.35. The maximum absolute atomic E-state index is 12.7. The summed E-state index contributed by atoms with van der Waals surface area (Å²) < 4.78 is 5.32. The van der Waals surface area contributed by atoms with Gasteiger partial charge < -0.3 is 15.0 Å². The van der Waals surface area contributed by atoms with Crippen LogP contribution >= 0.6 is 0 Å². The summed E-state index contributed by atoms with van der Waals surface area (Å²) in [6, 6.07) is 14.4. The summed E-state index contributed by atoms with van der Waals surface area (Å²) in [4.78, 5) is 17.2. The van der Waals surface area contributed by atoms with E-state index in [1.807, 2.05) is 12.1 Å². The minimum absolute atomic E-state index is 0.0745. The lowest BCUT2D eigenvalue weighted by Crippen LogP contribution is -2.48. The summed E-state index contributed by atoms with van der Waals surface area (Å²) in [6.07, 6.45) is 1.84. The molecule has 150 valence electrons. The molecule has 0 radical (unpaired) electrons. The molecule has 0 bridgehead atoms. The first-order valence-electron chi connectivity index (χ1n) is 10.2. The fourth-order valence-electron chi connectivity index (χ4n) is 3.76. The van der Waals surface area contributed by atoms with Crippen molar-refractivity contribution in [3.63, 3.8) is 0 Å². The molecule has 1 heterocycles. The Morgan fingerprint density at radius 2 is 1.64 bits per heavy atom. The number of benzene rings is 2. The number of hydrogen-bond acceptors (Lipinski definition) is 4. The zero-order chi connectivity index (χ0) is 19.9. The number of rotatable bonds is 7. The van der Waals surface area contributed by atoms with Gasteiger partial charge in [0.05, 0.1) is 13.7 Å². The molecule has 0 aromatic heterocycles. The Morgan fingerprint density at radius 1 is 1.00 bits per heavy atom. The van der Waals surface area contributed by atoms with Crippen LogP contribution in [0.15, 0.2) is 42.5 Å². The average molecular weight is 382 g/mol. The molecule has 1 aliphatic rings. The van der Waals surface area contributed by atoms with Crippen LogP contribution in [0.1, 0.15) is 25.0 Å². The van der Waals surface area contributed by atoms with E-state index in [9.17, 15) is 4.79 Å². The van der Waals surface area contributed by atoms with Crippen molar-refractivity contribution in [1.82, 2.24) is 4.90 Å². The molecule has 0 unspecified atom stereocenters. The van der Waals surface area contributed by atoms with Crippen molar-refractivity contribution in [3.05, 3.63) is 53.6 Å². The molecule has 0 atom stereocenters. The van der Waals surface area contributed by atoms with Crippen LogP contribution in [0.3, 0.4) is 0 Å². The molecule has 0 saturated carbocycles. The van der Waals surface area contributed by atoms with Crippen LogP contribution in [0, 0.1) is 0 Å². The highest BCUT2D eigenvalue weighted by Gasteiger charge is 2.20. The van der Waals surface area contributed by atoms with Crippen molar-refractivity contribution in [2.24, 2.45) is 0 Å². The number of para-hydroxylation sites is 1. The molecular weight excluding hydrogens is 350 g/mol. The van der Waals surface area contributed by atoms with E-state index >= 15 is 0 Å². The van der Waals surface area contributed by atoms with Gasteiger partial charge in [-0.15, -0.1) is 0 Å². The van der Waals surface area contributed by atoms with E-state index in [4.69, 9.17) is 4.74 Å². The summed E-state index contributed by atoms with van der Waals surface area (Å²) in [7, 11) is 1.69. The second-order valence-corrected chi connectivity index (χ2v) is 7.17. The maximum atomic E-state index is 12.7. The fraction of sp³-hybridized carbons (Fsp3) is 0.435. The minimum atomic E-state index is 0.0745. The standard InChI is InChI=1S/C23H31N3O2/c1-4-18-8-6-9-19(5-2)23(18)24-22(27)17-25-12-14-26(15-13-25)20-10-7-11-21(16-20)28-3/h6-11,16H,4-5,12-15,17H2,1-3H3,(H,24,27). The Hall–Kier alpha value is -2.53. The Balaban J connectivity index is 1.56. The largest absolute Gasteiger partial charge is 0.497 e. The zero-order valence-electron chi connectivity index (χ0n) is 17.2. The molecule has 3 rings (SSSR count). The van der Waals surface area contributed by atoms with Gasteiger partial charge in [0.1, 0.15) is 5.75 Å². The van der Waals surface area contributed by atoms with Crippen LogP contribution in [0.2, 0.25) is 0 Å². The van der Waals surface area contributed by atoms with Gasteiger partial charge in [-0.2, -0.15) is 0 Å². The quantitative estimate of drug-likeness (QED) is 0.796. The van der Waals surface area contributed by atoms with Gasteiger partial charge in [-0.05, 0) is 36.1 Å². The van der Waals surface area contributed by atoms with Crippen molar-refractivity contribution in [2.75, 3.05) is 50.1 Å². The second kappa shape index (κ2) is 9.60. The Bertz CT molecular complexity index is 776. The van der Waals surface area contributed by atoms with Gasteiger partial charge in [-0.25, -0.2) is 0 Å². The molecule has 5 nitrogen and oxygen atoms in total. The van der Waals surface area contributed by atoms with E-state index in [0.29, 0.717) is 6.54 Å². The van der Waals surface area contributed by atoms with Gasteiger partial charge in [0, 0.05) is 43.6 Å². The normalized spacial score (nSPS) is 14.8. The van der Waals surface area contributed by atoms with E-state index in [-0.39, 0.29) is 5.91 Å². The van der Waals surface area contributed by atoms with Gasteiger partial charge in [-0.1, -0.05) is 38.1 Å². The Morgan fingerprint density at radius 3 is 2.25 bits per heavy atom. The van der Waals surface area contributed by atoms with Crippen molar-refractivity contribution in [2.45, 2.75) is 26.7 Å². The molecule has 5 heteroatoms. The Kier molecular flexibility index (Phi) is 6.93. The van der Waals surface area contributed by atoms with Crippen LogP contribution in [0.25, 0.3) is 0 Å². The van der Waals surface area contributed by atoms with Gasteiger partial charge >= 0.3 is 0 Å². The molecule has 2 aromatic rings. The summed E-state index contributed by atoms with van der Waals surface area (Å²) in [5.74, 6) is 0.950. The summed E-state index contributed by atoms with van der Waals surface area (Å²) in [6.45, 7) is 8.26. The first kappa shape index (κ1) is 20.2. The lowest BCUT2D eigenvalue weighted by molar-refractivity contribution is -0.117. The first-order chi connectivity index (χ1) is 13.6. The van der Waals surface area contributed by atoms with E-state index in [1.54, 1.807) is 7.11 Å².